The highest BCUT2D eigenvalue weighted by Crippen LogP contribution is 2.57. The van der Waals surface area contributed by atoms with E-state index in [0.29, 0.717) is 0 Å². The molecule has 3 unspecified atom stereocenters. The van der Waals surface area contributed by atoms with Gasteiger partial charge in [0.2, 0.25) is 0 Å². The summed E-state index contributed by atoms with van der Waals surface area (Å²) >= 11 is 0. The lowest BCUT2D eigenvalue weighted by molar-refractivity contribution is 0.0194. The highest BCUT2D eigenvalue weighted by Gasteiger charge is 2.54. The van der Waals surface area contributed by atoms with Gasteiger partial charge in [0.1, 0.15) is 11.2 Å². The zero-order valence-corrected chi connectivity index (χ0v) is 37.3. The van der Waals surface area contributed by atoms with Crippen molar-refractivity contribution in [1.82, 2.24) is 0 Å². The van der Waals surface area contributed by atoms with Crippen molar-refractivity contribution < 1.29 is 17.4 Å². The third-order valence-corrected chi connectivity index (χ3v) is 15.2. The molecule has 6 heteroatoms. The first-order chi connectivity index (χ1) is 25.8. The zero-order chi connectivity index (χ0) is 39.6. The fourth-order valence-electron chi connectivity index (χ4n) is 8.77. The van der Waals surface area contributed by atoms with Gasteiger partial charge in [-0.3, -0.25) is 4.52 Å². The molecule has 2 fully saturated rings. The molecule has 5 aromatic rings. The predicted octanol–water partition coefficient (Wildman–Crippen LogP) is 14.1. The van der Waals surface area contributed by atoms with E-state index in [0.717, 1.165) is 60.5 Å². The van der Waals surface area contributed by atoms with Gasteiger partial charge in [-0.25, -0.2) is 0 Å². The van der Waals surface area contributed by atoms with Crippen LogP contribution < -0.4 is 15.1 Å². The molecule has 0 saturated heterocycles. The molecular formula is C49H64O4P2. The molecule has 7 rings (SSSR count). The Morgan fingerprint density at radius 1 is 0.564 bits per heavy atom. The van der Waals surface area contributed by atoms with E-state index < -0.39 is 16.4 Å². The topological polar surface area (TPSA) is 44.7 Å². The van der Waals surface area contributed by atoms with Gasteiger partial charge in [-0.15, -0.1) is 0 Å². The smallest absolute Gasteiger partial charge is 0.387 e. The quantitative estimate of drug-likeness (QED) is 0.161. The van der Waals surface area contributed by atoms with E-state index in [2.05, 4.69) is 168 Å². The van der Waals surface area contributed by atoms with Gasteiger partial charge in [0, 0.05) is 37.9 Å². The molecule has 0 bridgehead atoms. The fourth-order valence-corrected chi connectivity index (χ4v) is 12.1. The molecule has 1 spiro atoms. The van der Waals surface area contributed by atoms with Gasteiger partial charge in [0.25, 0.3) is 0 Å². The molecule has 0 amide bonds. The Bertz CT molecular complexity index is 2040. The van der Waals surface area contributed by atoms with Crippen molar-refractivity contribution in [1.29, 1.82) is 0 Å². The summed E-state index contributed by atoms with van der Waals surface area (Å²) in [6, 6.07) is 31.1. The minimum Gasteiger partial charge on any atom is -0.399 e. The third-order valence-electron chi connectivity index (χ3n) is 12.1. The van der Waals surface area contributed by atoms with E-state index in [1.165, 1.54) is 32.9 Å². The SMILES string of the molecule is CC(C)(C)c1cc(C(C)(C)C)c2op(OC3CCCC34CCCC4OP(c3ccccc3)c3ccccc3)oc3c(C(C)(C)C)cc(C(C)(C)C)cc3c2c1. The molecule has 0 N–H and O–H groups in total. The normalized spacial score (nSPS) is 21.0. The van der Waals surface area contributed by atoms with Crippen LogP contribution >= 0.6 is 16.4 Å². The van der Waals surface area contributed by atoms with E-state index >= 15 is 0 Å². The summed E-state index contributed by atoms with van der Waals surface area (Å²) in [7, 11) is -2.79. The fraction of sp³-hybridized carbons (Fsp3) is 0.510. The Labute approximate surface area is 333 Å². The third kappa shape index (κ3) is 8.14. The van der Waals surface area contributed by atoms with Gasteiger partial charge >= 0.3 is 8.24 Å². The number of benzene rings is 4. The number of rotatable bonds is 6. The lowest BCUT2D eigenvalue weighted by Gasteiger charge is -2.38. The first kappa shape index (κ1) is 40.3. The second-order valence-electron chi connectivity index (χ2n) is 20.4. The van der Waals surface area contributed by atoms with Crippen LogP contribution in [0.1, 0.15) is 144 Å². The monoisotopic (exact) mass is 778 g/mol. The van der Waals surface area contributed by atoms with Gasteiger partial charge in [-0.05, 0) is 70.6 Å². The highest BCUT2D eigenvalue weighted by atomic mass is 31.1. The Morgan fingerprint density at radius 3 is 1.38 bits per heavy atom. The van der Waals surface area contributed by atoms with Crippen molar-refractivity contribution in [2.24, 2.45) is 5.41 Å². The second-order valence-corrected chi connectivity index (χ2v) is 23.2. The molecule has 2 aliphatic rings. The van der Waals surface area contributed by atoms with Crippen LogP contribution in [0.25, 0.3) is 21.9 Å². The minimum atomic E-state index is -1.80. The van der Waals surface area contributed by atoms with Gasteiger partial charge in [0.05, 0.1) is 20.4 Å². The first-order valence-electron chi connectivity index (χ1n) is 20.5. The summed E-state index contributed by atoms with van der Waals surface area (Å²) in [6.07, 6.45) is 6.51. The van der Waals surface area contributed by atoms with E-state index in [9.17, 15) is 0 Å². The molecule has 2 aliphatic carbocycles. The van der Waals surface area contributed by atoms with Crippen LogP contribution in [-0.2, 0) is 26.2 Å². The lowest BCUT2D eigenvalue weighted by Crippen LogP contribution is -2.41. The zero-order valence-electron chi connectivity index (χ0n) is 35.5. The maximum atomic E-state index is 7.41. The highest BCUT2D eigenvalue weighted by molar-refractivity contribution is 7.68. The summed E-state index contributed by atoms with van der Waals surface area (Å²) in [4.78, 5) is 0. The molecular weight excluding hydrogens is 714 g/mol. The van der Waals surface area contributed by atoms with E-state index in [1.807, 2.05) is 0 Å². The van der Waals surface area contributed by atoms with Crippen molar-refractivity contribution in [3.63, 3.8) is 0 Å². The molecule has 1 aromatic heterocycles. The van der Waals surface area contributed by atoms with Crippen molar-refractivity contribution in [2.45, 2.75) is 155 Å². The number of hydrogen-bond acceptors (Lipinski definition) is 4. The van der Waals surface area contributed by atoms with E-state index in [-0.39, 0.29) is 39.3 Å². The predicted molar refractivity (Wildman–Crippen MR) is 236 cm³/mol. The van der Waals surface area contributed by atoms with Crippen molar-refractivity contribution >= 4 is 48.9 Å². The van der Waals surface area contributed by atoms with Crippen LogP contribution in [0.3, 0.4) is 0 Å². The number of hydrogen-bond donors (Lipinski definition) is 0. The molecule has 0 radical (unpaired) electrons. The standard InChI is InChI=1S/C49H64O4P2/c1-45(2,3)33-29-37-38-30-34(46(4,5)6)32-40(48(10,11)12)44(38)53-55(52-43(37)39(31-33)47(7,8)9)51-42-26-20-28-49(42)27-19-25-41(49)50-54(35-21-15-13-16-22-35)36-23-17-14-18-24-36/h13-18,21-24,29-32,41-42H,19-20,25-28H2,1-12H3. The lowest BCUT2D eigenvalue weighted by atomic mass is 9.77. The van der Waals surface area contributed by atoms with Gasteiger partial charge < -0.3 is 12.9 Å². The Morgan fingerprint density at radius 2 is 0.982 bits per heavy atom. The van der Waals surface area contributed by atoms with Crippen LogP contribution in [0.2, 0.25) is 0 Å². The van der Waals surface area contributed by atoms with Gasteiger partial charge in [0.15, 0.2) is 0 Å². The van der Waals surface area contributed by atoms with Crippen LogP contribution in [0.15, 0.2) is 93.3 Å². The Hall–Kier alpha value is -2.87. The molecule has 55 heavy (non-hydrogen) atoms. The molecule has 3 atom stereocenters. The minimum absolute atomic E-state index is 0.0293. The van der Waals surface area contributed by atoms with Gasteiger partial charge in [-0.1, -0.05) is 169 Å². The second kappa shape index (κ2) is 14.8. The van der Waals surface area contributed by atoms with Crippen molar-refractivity contribution in [3.05, 3.63) is 107 Å². The molecule has 2 saturated carbocycles. The molecule has 0 aliphatic heterocycles. The Kier molecular flexibility index (Phi) is 10.9. The maximum Gasteiger partial charge on any atom is 0.387 e. The van der Waals surface area contributed by atoms with E-state index in [1.54, 1.807) is 0 Å². The molecule has 4 aromatic carbocycles. The van der Waals surface area contributed by atoms with E-state index in [4.69, 9.17) is 17.4 Å². The van der Waals surface area contributed by atoms with Crippen LogP contribution in [0, 0.1) is 5.41 Å². The van der Waals surface area contributed by atoms with Gasteiger partial charge in [-0.2, -0.15) is 0 Å². The largest absolute Gasteiger partial charge is 0.399 e. The number of fused-ring (bicyclic) bond motifs is 3. The molecule has 1 heterocycles. The summed E-state index contributed by atoms with van der Waals surface area (Å²) in [5.41, 5.74) is 6.25. The summed E-state index contributed by atoms with van der Waals surface area (Å²) in [5, 5.41) is 4.72. The summed E-state index contributed by atoms with van der Waals surface area (Å²) in [6.45, 7) is 27.6. The molecule has 294 valence electrons. The average molecular weight is 779 g/mol. The Balaban J connectivity index is 1.42. The summed E-state index contributed by atoms with van der Waals surface area (Å²) in [5.74, 6) is 0. The molecule has 4 nitrogen and oxygen atoms in total. The summed E-state index contributed by atoms with van der Waals surface area (Å²) < 4.78 is 29.3. The maximum absolute atomic E-state index is 7.41. The van der Waals surface area contributed by atoms with Crippen molar-refractivity contribution in [2.75, 3.05) is 0 Å². The van der Waals surface area contributed by atoms with Crippen molar-refractivity contribution in [3.8, 4) is 0 Å². The van der Waals surface area contributed by atoms with Crippen LogP contribution in [0.4, 0.5) is 0 Å². The van der Waals surface area contributed by atoms with Crippen LogP contribution in [-0.4, -0.2) is 12.2 Å². The van der Waals surface area contributed by atoms with Crippen LogP contribution in [0.5, 0.6) is 0 Å². The first-order valence-corrected chi connectivity index (χ1v) is 22.9. The average Bonchev–Trinajstić information content (AvgIpc) is 3.66.